The zero-order valence-corrected chi connectivity index (χ0v) is 21.0. The molecule has 38 heavy (non-hydrogen) atoms. The number of esters is 1. The van der Waals surface area contributed by atoms with Gasteiger partial charge in [-0.05, 0) is 48.4 Å². The average Bonchev–Trinajstić information content (AvgIpc) is 3.53. The van der Waals surface area contributed by atoms with Gasteiger partial charge in [-0.15, -0.1) is 0 Å². The zero-order valence-electron chi connectivity index (χ0n) is 20.2. The summed E-state index contributed by atoms with van der Waals surface area (Å²) < 4.78 is 31.9. The first kappa shape index (κ1) is 23.9. The van der Waals surface area contributed by atoms with E-state index in [4.69, 9.17) is 19.2 Å². The normalized spacial score (nSPS) is 16.3. The molecule has 1 atom stereocenters. The van der Waals surface area contributed by atoms with Crippen LogP contribution in [-0.4, -0.2) is 23.9 Å². The van der Waals surface area contributed by atoms with Gasteiger partial charge in [-0.1, -0.05) is 59.9 Å². The van der Waals surface area contributed by atoms with Gasteiger partial charge in [0, 0.05) is 5.56 Å². The second kappa shape index (κ2) is 9.75. The maximum absolute atomic E-state index is 13.8. The highest BCUT2D eigenvalue weighted by Crippen LogP contribution is 2.40. The number of nitrogens with zero attached hydrogens (tertiary/aromatic N) is 2. The van der Waals surface area contributed by atoms with Crippen molar-refractivity contribution in [2.45, 2.75) is 13.0 Å². The number of halogens is 1. The van der Waals surface area contributed by atoms with Crippen LogP contribution in [0.1, 0.15) is 29.7 Å². The van der Waals surface area contributed by atoms with Crippen LogP contribution >= 0.6 is 11.3 Å². The number of benzene rings is 3. The Hall–Kier alpha value is -4.50. The van der Waals surface area contributed by atoms with E-state index < -0.39 is 12.0 Å². The van der Waals surface area contributed by atoms with Crippen molar-refractivity contribution in [2.75, 3.05) is 13.4 Å². The van der Waals surface area contributed by atoms with Gasteiger partial charge in [-0.3, -0.25) is 9.36 Å². The number of carbonyl (C=O) groups excluding carboxylic acids is 1. The Labute approximate surface area is 220 Å². The maximum Gasteiger partial charge on any atom is 0.338 e. The number of fused-ring (bicyclic) bond motifs is 2. The summed E-state index contributed by atoms with van der Waals surface area (Å²) >= 11 is 1.20. The quantitative estimate of drug-likeness (QED) is 0.368. The smallest absolute Gasteiger partial charge is 0.338 e. The molecular weight excluding hydrogens is 507 g/mol. The molecule has 1 aromatic heterocycles. The maximum atomic E-state index is 13.8. The van der Waals surface area contributed by atoms with Gasteiger partial charge < -0.3 is 14.2 Å². The molecule has 6 rings (SSSR count). The number of carbonyl (C=O) groups is 1. The summed E-state index contributed by atoms with van der Waals surface area (Å²) in [6, 6.07) is 19.7. The summed E-state index contributed by atoms with van der Waals surface area (Å²) in [5.74, 6) is 0.184. The van der Waals surface area contributed by atoms with Crippen LogP contribution in [0.5, 0.6) is 11.5 Å². The lowest BCUT2D eigenvalue weighted by molar-refractivity contribution is -0.138. The first-order valence-electron chi connectivity index (χ1n) is 12.0. The van der Waals surface area contributed by atoms with Crippen molar-refractivity contribution in [2.24, 2.45) is 4.99 Å². The van der Waals surface area contributed by atoms with Crippen LogP contribution in [0.3, 0.4) is 0 Å². The fraction of sp³-hybridized carbons (Fsp3) is 0.138. The van der Waals surface area contributed by atoms with E-state index in [1.165, 1.54) is 28.0 Å². The van der Waals surface area contributed by atoms with Crippen molar-refractivity contribution < 1.29 is 23.4 Å². The van der Waals surface area contributed by atoms with Gasteiger partial charge in [0.2, 0.25) is 6.79 Å². The molecule has 0 saturated heterocycles. The molecule has 190 valence electrons. The minimum absolute atomic E-state index is 0.0923. The molecule has 4 aromatic rings. The lowest BCUT2D eigenvalue weighted by Crippen LogP contribution is -2.40. The Balaban J connectivity index is 1.64. The Morgan fingerprint density at radius 1 is 1.11 bits per heavy atom. The number of rotatable bonds is 5. The lowest BCUT2D eigenvalue weighted by Gasteiger charge is -2.26. The number of thiazole rings is 1. The number of hydrogen-bond donors (Lipinski definition) is 0. The molecule has 0 unspecified atom stereocenters. The summed E-state index contributed by atoms with van der Waals surface area (Å²) in [4.78, 5) is 32.6. The number of ether oxygens (including phenoxy) is 3. The molecule has 0 radical (unpaired) electrons. The summed E-state index contributed by atoms with van der Waals surface area (Å²) in [6.45, 7) is 1.98. The summed E-state index contributed by atoms with van der Waals surface area (Å²) in [5.41, 5.74) is 2.39. The Morgan fingerprint density at radius 2 is 1.87 bits per heavy atom. The van der Waals surface area contributed by atoms with E-state index in [0.29, 0.717) is 37.7 Å². The number of hydrogen-bond acceptors (Lipinski definition) is 7. The van der Waals surface area contributed by atoms with Gasteiger partial charge in [-0.25, -0.2) is 14.2 Å². The van der Waals surface area contributed by atoms with Crippen molar-refractivity contribution in [3.8, 4) is 11.5 Å². The molecule has 3 heterocycles. The molecule has 0 fully saturated rings. The van der Waals surface area contributed by atoms with Gasteiger partial charge in [0.1, 0.15) is 5.82 Å². The molecule has 7 nitrogen and oxygen atoms in total. The minimum Gasteiger partial charge on any atom is -0.463 e. The van der Waals surface area contributed by atoms with Gasteiger partial charge >= 0.3 is 5.97 Å². The van der Waals surface area contributed by atoms with E-state index >= 15 is 0 Å². The van der Waals surface area contributed by atoms with Crippen molar-refractivity contribution in [3.63, 3.8) is 0 Å². The first-order valence-corrected chi connectivity index (χ1v) is 12.8. The van der Waals surface area contributed by atoms with E-state index in [1.54, 1.807) is 37.3 Å². The summed E-state index contributed by atoms with van der Waals surface area (Å²) in [5, 5.41) is 0. The van der Waals surface area contributed by atoms with Gasteiger partial charge in [0.05, 0.1) is 28.5 Å². The predicted molar refractivity (Wildman–Crippen MR) is 140 cm³/mol. The number of aromatic nitrogens is 1. The van der Waals surface area contributed by atoms with E-state index in [-0.39, 0.29) is 30.3 Å². The van der Waals surface area contributed by atoms with Crippen LogP contribution in [0, 0.1) is 5.82 Å². The van der Waals surface area contributed by atoms with Crippen molar-refractivity contribution in [1.82, 2.24) is 4.57 Å². The van der Waals surface area contributed by atoms with E-state index in [2.05, 4.69) is 0 Å². The third-order valence-corrected chi connectivity index (χ3v) is 7.24. The monoisotopic (exact) mass is 528 g/mol. The van der Waals surface area contributed by atoms with E-state index in [1.807, 2.05) is 36.4 Å². The molecule has 0 saturated carbocycles. The molecule has 2 aliphatic rings. The second-order valence-corrected chi connectivity index (χ2v) is 9.60. The predicted octanol–water partition coefficient (Wildman–Crippen LogP) is 3.80. The Kier molecular flexibility index (Phi) is 6.13. The highest BCUT2D eigenvalue weighted by Gasteiger charge is 2.36. The van der Waals surface area contributed by atoms with Crippen LogP contribution in [-0.2, 0) is 9.53 Å². The van der Waals surface area contributed by atoms with Crippen LogP contribution in [0.15, 0.2) is 88.2 Å². The average molecular weight is 529 g/mol. The van der Waals surface area contributed by atoms with Crippen LogP contribution < -0.4 is 24.4 Å². The lowest BCUT2D eigenvalue weighted by atomic mass is 9.93. The SMILES string of the molecule is CCOC(=O)C1=C(c2ccccc2)N=c2s/c(=C\c3ccc(F)cc3)c(=O)n2[C@H]1c1ccc2c(c1)OCO2. The molecule has 0 spiro atoms. The van der Waals surface area contributed by atoms with E-state index in [9.17, 15) is 14.0 Å². The molecule has 0 aliphatic carbocycles. The highest BCUT2D eigenvalue weighted by molar-refractivity contribution is 7.07. The van der Waals surface area contributed by atoms with Crippen molar-refractivity contribution >= 4 is 29.1 Å². The molecule has 0 bridgehead atoms. The Bertz CT molecular complexity index is 1760. The highest BCUT2D eigenvalue weighted by atomic mass is 32.1. The topological polar surface area (TPSA) is 79.1 Å². The largest absolute Gasteiger partial charge is 0.463 e. The minimum atomic E-state index is -0.828. The first-order chi connectivity index (χ1) is 18.5. The van der Waals surface area contributed by atoms with Crippen LogP contribution in [0.25, 0.3) is 11.8 Å². The molecule has 0 N–H and O–H groups in total. The van der Waals surface area contributed by atoms with Gasteiger partial charge in [-0.2, -0.15) is 0 Å². The molecular formula is C29H21FN2O5S. The van der Waals surface area contributed by atoms with Crippen molar-refractivity contribution in [1.29, 1.82) is 0 Å². The third-order valence-electron chi connectivity index (χ3n) is 6.25. The van der Waals surface area contributed by atoms with Gasteiger partial charge in [0.25, 0.3) is 5.56 Å². The van der Waals surface area contributed by atoms with Crippen LogP contribution in [0.2, 0.25) is 0 Å². The fourth-order valence-corrected chi connectivity index (χ4v) is 5.55. The van der Waals surface area contributed by atoms with Gasteiger partial charge in [0.15, 0.2) is 16.3 Å². The molecule has 2 aliphatic heterocycles. The van der Waals surface area contributed by atoms with E-state index in [0.717, 1.165) is 5.56 Å². The summed E-state index contributed by atoms with van der Waals surface area (Å²) in [7, 11) is 0. The zero-order chi connectivity index (χ0) is 26.2. The third kappa shape index (κ3) is 4.20. The standard InChI is InChI=1S/C29H21FN2O5S/c1-2-35-28(34)24-25(18-6-4-3-5-7-18)31-29-32(26(24)19-10-13-21-22(15-19)37-16-36-21)27(33)23(38-29)14-17-8-11-20(30)12-9-17/h3-15,26H,2,16H2,1H3/b23-14-/t26-/m0/s1. The summed E-state index contributed by atoms with van der Waals surface area (Å²) in [6.07, 6.45) is 1.69. The fourth-order valence-electron chi connectivity index (χ4n) is 4.55. The molecule has 0 amide bonds. The Morgan fingerprint density at radius 3 is 2.63 bits per heavy atom. The molecule has 9 heteroatoms. The second-order valence-electron chi connectivity index (χ2n) is 8.60. The molecule has 3 aromatic carbocycles. The van der Waals surface area contributed by atoms with Crippen LogP contribution in [0.4, 0.5) is 4.39 Å². The van der Waals surface area contributed by atoms with Crippen molar-refractivity contribution in [3.05, 3.63) is 121 Å².